The Morgan fingerprint density at radius 2 is 2.15 bits per heavy atom. The van der Waals surface area contributed by atoms with Crippen LogP contribution in [0.3, 0.4) is 0 Å². The van der Waals surface area contributed by atoms with E-state index in [2.05, 4.69) is 25.5 Å². The van der Waals surface area contributed by atoms with Crippen LogP contribution in [-0.4, -0.2) is 52.0 Å². The number of aliphatic carboxylic acids is 1. The third kappa shape index (κ3) is 4.95. The second-order valence-corrected chi connectivity index (χ2v) is 9.83. The van der Waals surface area contributed by atoms with Crippen molar-refractivity contribution in [2.75, 3.05) is 22.5 Å². The molecule has 1 aliphatic rings. The molecular weight excluding hydrogens is 451 g/mol. The van der Waals surface area contributed by atoms with Crippen molar-refractivity contribution >= 4 is 33.3 Å². The summed E-state index contributed by atoms with van der Waals surface area (Å²) in [7, 11) is -3.68. The van der Waals surface area contributed by atoms with Crippen LogP contribution in [0.2, 0.25) is 0 Å². The molecular formula is C21H23FN6O4S. The molecule has 0 radical (unpaired) electrons. The molecule has 3 aromatic rings. The highest BCUT2D eigenvalue weighted by Gasteiger charge is 2.25. The lowest BCUT2D eigenvalue weighted by molar-refractivity contribution is -0.136. The first kappa shape index (κ1) is 22.6. The maximum absolute atomic E-state index is 14.4. The fraction of sp³-hybridized carbons (Fsp3) is 0.333. The standard InChI is InChI=1S/C21H23FN6O4S/c1-2-7-33(31,32)18-11-23-21(28-6-5-14-10-24-27-17(14)12-28)26-20(18)25-15-4-3-13(8-19(29)30)16(22)9-15/h3-4,9-11H,2,5-8,12H2,1H3,(H,24,27)(H,29,30)(H,23,25,26). The number of fused-ring (bicyclic) bond motifs is 1. The van der Waals surface area contributed by atoms with E-state index in [0.29, 0.717) is 25.5 Å². The fourth-order valence-corrected chi connectivity index (χ4v) is 5.03. The number of anilines is 3. The van der Waals surface area contributed by atoms with E-state index < -0.39 is 28.0 Å². The second-order valence-electron chi connectivity index (χ2n) is 7.75. The van der Waals surface area contributed by atoms with Crippen LogP contribution in [0.25, 0.3) is 0 Å². The molecule has 2 aromatic heterocycles. The maximum Gasteiger partial charge on any atom is 0.307 e. The number of carboxylic acids is 1. The molecule has 0 spiro atoms. The zero-order valence-corrected chi connectivity index (χ0v) is 18.7. The lowest BCUT2D eigenvalue weighted by atomic mass is 10.1. The van der Waals surface area contributed by atoms with Crippen LogP contribution in [-0.2, 0) is 34.0 Å². The highest BCUT2D eigenvalue weighted by molar-refractivity contribution is 7.91. The number of benzene rings is 1. The molecule has 0 atom stereocenters. The number of nitrogens with zero attached hydrogens (tertiary/aromatic N) is 4. The van der Waals surface area contributed by atoms with E-state index in [1.54, 1.807) is 13.1 Å². The van der Waals surface area contributed by atoms with Gasteiger partial charge in [-0.15, -0.1) is 0 Å². The van der Waals surface area contributed by atoms with Crippen molar-refractivity contribution in [2.45, 2.75) is 37.6 Å². The van der Waals surface area contributed by atoms with Crippen molar-refractivity contribution in [3.05, 3.63) is 53.2 Å². The van der Waals surface area contributed by atoms with Gasteiger partial charge < -0.3 is 15.3 Å². The molecule has 33 heavy (non-hydrogen) atoms. The van der Waals surface area contributed by atoms with Gasteiger partial charge in [0.05, 0.1) is 36.8 Å². The molecule has 0 fully saturated rings. The molecule has 0 amide bonds. The number of rotatable bonds is 8. The van der Waals surface area contributed by atoms with E-state index in [9.17, 15) is 17.6 Å². The van der Waals surface area contributed by atoms with E-state index in [0.717, 1.165) is 23.7 Å². The first-order valence-corrected chi connectivity index (χ1v) is 12.0. The van der Waals surface area contributed by atoms with E-state index in [1.807, 2.05) is 4.90 Å². The number of sulfone groups is 1. The SMILES string of the molecule is CCCS(=O)(=O)c1cnc(N2CCc3cn[nH]c3C2)nc1Nc1ccc(CC(=O)O)c(F)c1. The topological polar surface area (TPSA) is 141 Å². The number of H-pyrrole nitrogens is 1. The van der Waals surface area contributed by atoms with Crippen molar-refractivity contribution in [1.29, 1.82) is 0 Å². The number of hydrogen-bond acceptors (Lipinski definition) is 8. The van der Waals surface area contributed by atoms with Gasteiger partial charge in [0, 0.05) is 12.2 Å². The summed E-state index contributed by atoms with van der Waals surface area (Å²) in [6.45, 7) is 2.88. The summed E-state index contributed by atoms with van der Waals surface area (Å²) in [6.07, 6.45) is 3.75. The Morgan fingerprint density at radius 3 is 2.88 bits per heavy atom. The van der Waals surface area contributed by atoms with Gasteiger partial charge in [-0.1, -0.05) is 13.0 Å². The summed E-state index contributed by atoms with van der Waals surface area (Å²) in [5.74, 6) is -1.58. The summed E-state index contributed by atoms with van der Waals surface area (Å²) in [5.41, 5.74) is 2.33. The van der Waals surface area contributed by atoms with Gasteiger partial charge in [0.15, 0.2) is 15.7 Å². The second kappa shape index (κ2) is 9.14. The van der Waals surface area contributed by atoms with Gasteiger partial charge in [-0.05, 0) is 36.1 Å². The minimum absolute atomic E-state index is 0.0268. The fourth-order valence-electron chi connectivity index (χ4n) is 3.66. The van der Waals surface area contributed by atoms with Gasteiger partial charge in [-0.25, -0.2) is 17.8 Å². The molecule has 3 N–H and O–H groups in total. The summed E-state index contributed by atoms with van der Waals surface area (Å²) < 4.78 is 40.0. The third-order valence-electron chi connectivity index (χ3n) is 5.30. The average Bonchev–Trinajstić information content (AvgIpc) is 3.23. The predicted octanol–water partition coefficient (Wildman–Crippen LogP) is 2.46. The number of aromatic nitrogens is 4. The third-order valence-corrected chi connectivity index (χ3v) is 7.21. The van der Waals surface area contributed by atoms with Crippen molar-refractivity contribution in [3.8, 4) is 0 Å². The van der Waals surface area contributed by atoms with Gasteiger partial charge in [0.25, 0.3) is 0 Å². The minimum atomic E-state index is -3.68. The number of halogens is 1. The number of carboxylic acid groups (broad SMARTS) is 1. The van der Waals surface area contributed by atoms with Crippen LogP contribution in [0.4, 0.5) is 21.8 Å². The van der Waals surface area contributed by atoms with Crippen molar-refractivity contribution in [3.63, 3.8) is 0 Å². The summed E-state index contributed by atoms with van der Waals surface area (Å²) in [4.78, 5) is 21.5. The maximum atomic E-state index is 14.4. The van der Waals surface area contributed by atoms with E-state index in [4.69, 9.17) is 5.11 Å². The molecule has 0 unspecified atom stereocenters. The largest absolute Gasteiger partial charge is 0.481 e. The van der Waals surface area contributed by atoms with Gasteiger partial charge in [0.1, 0.15) is 10.7 Å². The Bertz CT molecular complexity index is 1290. The Morgan fingerprint density at radius 1 is 1.33 bits per heavy atom. The molecule has 0 aliphatic carbocycles. The quantitative estimate of drug-likeness (QED) is 0.449. The zero-order chi connectivity index (χ0) is 23.6. The molecule has 4 rings (SSSR count). The van der Waals surface area contributed by atoms with Crippen LogP contribution < -0.4 is 10.2 Å². The Hall–Kier alpha value is -3.54. The first-order chi connectivity index (χ1) is 15.8. The molecule has 12 heteroatoms. The minimum Gasteiger partial charge on any atom is -0.481 e. The molecule has 0 bridgehead atoms. The molecule has 1 aliphatic heterocycles. The van der Waals surface area contributed by atoms with Gasteiger partial charge in [0.2, 0.25) is 5.95 Å². The van der Waals surface area contributed by atoms with Crippen LogP contribution in [0, 0.1) is 5.82 Å². The lowest BCUT2D eigenvalue weighted by Gasteiger charge is -2.27. The predicted molar refractivity (Wildman–Crippen MR) is 119 cm³/mol. The number of hydrogen-bond donors (Lipinski definition) is 3. The van der Waals surface area contributed by atoms with Crippen LogP contribution in [0.15, 0.2) is 35.5 Å². The highest BCUT2D eigenvalue weighted by Crippen LogP contribution is 2.28. The van der Waals surface area contributed by atoms with E-state index in [1.165, 1.54) is 18.3 Å². The lowest BCUT2D eigenvalue weighted by Crippen LogP contribution is -2.32. The Labute approximate surface area is 189 Å². The van der Waals surface area contributed by atoms with E-state index in [-0.39, 0.29) is 27.7 Å². The van der Waals surface area contributed by atoms with Crippen LogP contribution in [0.5, 0.6) is 0 Å². The molecule has 0 saturated heterocycles. The van der Waals surface area contributed by atoms with Gasteiger partial charge in [-0.2, -0.15) is 10.1 Å². The number of nitrogens with one attached hydrogen (secondary N) is 2. The van der Waals surface area contributed by atoms with Gasteiger partial charge >= 0.3 is 5.97 Å². The summed E-state index contributed by atoms with van der Waals surface area (Å²) in [6, 6.07) is 3.95. The monoisotopic (exact) mass is 474 g/mol. The number of aromatic amines is 1. The van der Waals surface area contributed by atoms with Crippen molar-refractivity contribution in [1.82, 2.24) is 20.2 Å². The summed E-state index contributed by atoms with van der Waals surface area (Å²) in [5, 5.41) is 18.8. The molecule has 1 aromatic carbocycles. The van der Waals surface area contributed by atoms with Crippen molar-refractivity contribution < 1.29 is 22.7 Å². The smallest absolute Gasteiger partial charge is 0.307 e. The molecule has 3 heterocycles. The Balaban J connectivity index is 1.69. The van der Waals surface area contributed by atoms with Crippen LogP contribution >= 0.6 is 0 Å². The summed E-state index contributed by atoms with van der Waals surface area (Å²) >= 11 is 0. The highest BCUT2D eigenvalue weighted by atomic mass is 32.2. The normalized spacial score (nSPS) is 13.6. The molecule has 10 nitrogen and oxygen atoms in total. The average molecular weight is 475 g/mol. The van der Waals surface area contributed by atoms with E-state index >= 15 is 0 Å². The first-order valence-electron chi connectivity index (χ1n) is 10.4. The molecule has 0 saturated carbocycles. The van der Waals surface area contributed by atoms with Crippen molar-refractivity contribution in [2.24, 2.45) is 0 Å². The Kier molecular flexibility index (Phi) is 6.27. The molecule has 174 valence electrons. The zero-order valence-electron chi connectivity index (χ0n) is 17.9. The van der Waals surface area contributed by atoms with Crippen LogP contribution in [0.1, 0.15) is 30.2 Å². The van der Waals surface area contributed by atoms with Gasteiger partial charge in [-0.3, -0.25) is 9.89 Å². The number of carbonyl (C=O) groups is 1.